The maximum Gasteiger partial charge on any atom is 0.204 e. The van der Waals surface area contributed by atoms with Crippen LogP contribution in [0.2, 0.25) is 0 Å². The molecule has 0 saturated heterocycles. The third-order valence-electron chi connectivity index (χ3n) is 3.94. The number of anilines is 1. The number of hydrazone groups is 1. The Morgan fingerprint density at radius 1 is 0.962 bits per heavy atom. The van der Waals surface area contributed by atoms with Crippen LogP contribution in [-0.4, -0.2) is 16.4 Å². The standard InChI is InChI=1S/C20H14N2O4/c23-14-9-16(24)19-18(10-14)26-17-8-12(6-7-15(17)20(19)25)11-21-22-13-4-2-1-3-5-13/h1-11,22-24H/b21-11+. The number of hydrogen-bond acceptors (Lipinski definition) is 6. The third-order valence-corrected chi connectivity index (χ3v) is 3.94. The predicted octanol–water partition coefficient (Wildman–Crippen LogP) is 3.80. The fraction of sp³-hybridized carbons (Fsp3) is 0. The van der Waals surface area contributed by atoms with Gasteiger partial charge in [0.05, 0.1) is 17.3 Å². The van der Waals surface area contributed by atoms with Crippen LogP contribution in [-0.2, 0) is 0 Å². The van der Waals surface area contributed by atoms with Gasteiger partial charge in [-0.2, -0.15) is 5.10 Å². The summed E-state index contributed by atoms with van der Waals surface area (Å²) < 4.78 is 5.69. The van der Waals surface area contributed by atoms with Crippen LogP contribution in [0.25, 0.3) is 21.9 Å². The van der Waals surface area contributed by atoms with Gasteiger partial charge in [-0.1, -0.05) is 24.3 Å². The highest BCUT2D eigenvalue weighted by atomic mass is 16.3. The molecule has 3 aromatic carbocycles. The molecule has 0 radical (unpaired) electrons. The first-order valence-electron chi connectivity index (χ1n) is 7.88. The van der Waals surface area contributed by atoms with Gasteiger partial charge in [0.2, 0.25) is 5.43 Å². The van der Waals surface area contributed by atoms with Crippen molar-refractivity contribution < 1.29 is 14.6 Å². The lowest BCUT2D eigenvalue weighted by molar-refractivity contribution is 0.453. The molecule has 0 aliphatic carbocycles. The minimum atomic E-state index is -0.357. The smallest absolute Gasteiger partial charge is 0.204 e. The molecule has 0 amide bonds. The van der Waals surface area contributed by atoms with E-state index in [2.05, 4.69) is 10.5 Å². The van der Waals surface area contributed by atoms with Gasteiger partial charge in [0, 0.05) is 12.1 Å². The molecule has 0 saturated carbocycles. The number of hydrogen-bond donors (Lipinski definition) is 3. The van der Waals surface area contributed by atoms with Gasteiger partial charge in [-0.05, 0) is 29.8 Å². The Balaban J connectivity index is 1.75. The molecule has 4 rings (SSSR count). The molecule has 0 spiro atoms. The van der Waals surface area contributed by atoms with Crippen molar-refractivity contribution in [2.75, 3.05) is 5.43 Å². The van der Waals surface area contributed by atoms with Crippen LogP contribution in [0.3, 0.4) is 0 Å². The lowest BCUT2D eigenvalue weighted by atomic mass is 10.1. The first-order valence-corrected chi connectivity index (χ1v) is 7.88. The number of phenolic OH excluding ortho intramolecular Hbond substituents is 2. The summed E-state index contributed by atoms with van der Waals surface area (Å²) in [6.07, 6.45) is 1.61. The summed E-state index contributed by atoms with van der Waals surface area (Å²) in [7, 11) is 0. The van der Waals surface area contributed by atoms with Crippen molar-refractivity contribution in [2.45, 2.75) is 0 Å². The highest BCUT2D eigenvalue weighted by Crippen LogP contribution is 2.29. The van der Waals surface area contributed by atoms with Crippen LogP contribution in [0.4, 0.5) is 5.69 Å². The Morgan fingerprint density at radius 2 is 1.77 bits per heavy atom. The predicted molar refractivity (Wildman–Crippen MR) is 101 cm³/mol. The number of nitrogens with one attached hydrogen (secondary N) is 1. The fourth-order valence-corrected chi connectivity index (χ4v) is 2.73. The normalized spacial score (nSPS) is 11.4. The van der Waals surface area contributed by atoms with Crippen LogP contribution in [0, 0.1) is 0 Å². The van der Waals surface area contributed by atoms with E-state index >= 15 is 0 Å². The summed E-state index contributed by atoms with van der Waals surface area (Å²) >= 11 is 0. The van der Waals surface area contributed by atoms with E-state index in [4.69, 9.17) is 4.42 Å². The molecular formula is C20H14N2O4. The number of aromatic hydroxyl groups is 2. The van der Waals surface area contributed by atoms with Crippen LogP contribution >= 0.6 is 0 Å². The van der Waals surface area contributed by atoms with E-state index < -0.39 is 0 Å². The molecule has 4 aromatic rings. The first-order chi connectivity index (χ1) is 12.6. The maximum absolute atomic E-state index is 12.6. The van der Waals surface area contributed by atoms with E-state index in [-0.39, 0.29) is 27.9 Å². The van der Waals surface area contributed by atoms with E-state index in [1.165, 1.54) is 6.07 Å². The van der Waals surface area contributed by atoms with E-state index in [1.807, 2.05) is 30.3 Å². The number of benzene rings is 3. The summed E-state index contributed by atoms with van der Waals surface area (Å²) in [6.45, 7) is 0. The Hall–Kier alpha value is -3.80. The average molecular weight is 346 g/mol. The zero-order valence-electron chi connectivity index (χ0n) is 13.5. The Morgan fingerprint density at radius 3 is 2.58 bits per heavy atom. The van der Waals surface area contributed by atoms with Crippen molar-refractivity contribution in [1.82, 2.24) is 0 Å². The molecular weight excluding hydrogens is 332 g/mol. The van der Waals surface area contributed by atoms with Crippen molar-refractivity contribution in [1.29, 1.82) is 0 Å². The van der Waals surface area contributed by atoms with Crippen molar-refractivity contribution in [3.8, 4) is 11.5 Å². The molecule has 26 heavy (non-hydrogen) atoms. The molecule has 0 aliphatic heterocycles. The van der Waals surface area contributed by atoms with Gasteiger partial charge in [0.1, 0.15) is 28.1 Å². The van der Waals surface area contributed by atoms with Gasteiger partial charge < -0.3 is 14.6 Å². The van der Waals surface area contributed by atoms with E-state index in [0.717, 1.165) is 17.3 Å². The molecule has 6 heteroatoms. The number of para-hydroxylation sites is 1. The molecule has 6 nitrogen and oxygen atoms in total. The molecule has 128 valence electrons. The van der Waals surface area contributed by atoms with Crippen molar-refractivity contribution in [3.63, 3.8) is 0 Å². The van der Waals surface area contributed by atoms with Crippen molar-refractivity contribution in [2.24, 2.45) is 5.10 Å². The van der Waals surface area contributed by atoms with Crippen molar-refractivity contribution >= 4 is 33.8 Å². The lowest BCUT2D eigenvalue weighted by Gasteiger charge is -2.05. The molecule has 1 heterocycles. The van der Waals surface area contributed by atoms with Crippen LogP contribution in [0.5, 0.6) is 11.5 Å². The Kier molecular flexibility index (Phi) is 3.78. The number of rotatable bonds is 3. The molecule has 0 bridgehead atoms. The fourth-order valence-electron chi connectivity index (χ4n) is 2.73. The SMILES string of the molecule is O=c1c2ccc(/C=N/Nc3ccccc3)cc2oc2cc(O)cc(O)c12. The van der Waals surface area contributed by atoms with Crippen LogP contribution < -0.4 is 10.9 Å². The topological polar surface area (TPSA) is 95.1 Å². The third kappa shape index (κ3) is 2.84. The summed E-state index contributed by atoms with van der Waals surface area (Å²) in [6, 6.07) is 16.9. The molecule has 0 fully saturated rings. The largest absolute Gasteiger partial charge is 0.508 e. The zero-order chi connectivity index (χ0) is 18.1. The first kappa shape index (κ1) is 15.7. The van der Waals surface area contributed by atoms with E-state index in [9.17, 15) is 15.0 Å². The summed E-state index contributed by atoms with van der Waals surface area (Å²) in [4.78, 5) is 12.6. The zero-order valence-corrected chi connectivity index (χ0v) is 13.5. The summed E-state index contributed by atoms with van der Waals surface area (Å²) in [5.74, 6) is -0.490. The maximum atomic E-state index is 12.6. The number of fused-ring (bicyclic) bond motifs is 2. The van der Waals surface area contributed by atoms with Crippen LogP contribution in [0.1, 0.15) is 5.56 Å². The number of phenols is 2. The van der Waals surface area contributed by atoms with Gasteiger partial charge in [-0.3, -0.25) is 10.2 Å². The second-order valence-corrected chi connectivity index (χ2v) is 5.76. The van der Waals surface area contributed by atoms with E-state index in [1.54, 1.807) is 24.4 Å². The molecule has 0 unspecified atom stereocenters. The van der Waals surface area contributed by atoms with Gasteiger partial charge in [-0.15, -0.1) is 0 Å². The van der Waals surface area contributed by atoms with Crippen molar-refractivity contribution in [3.05, 3.63) is 76.5 Å². The summed E-state index contributed by atoms with van der Waals surface area (Å²) in [5.41, 5.74) is 4.60. The molecule has 3 N–H and O–H groups in total. The number of nitrogens with zero attached hydrogens (tertiary/aromatic N) is 1. The molecule has 1 aromatic heterocycles. The Labute approximate surface area is 147 Å². The van der Waals surface area contributed by atoms with Gasteiger partial charge in [-0.25, -0.2) is 0 Å². The van der Waals surface area contributed by atoms with E-state index in [0.29, 0.717) is 11.0 Å². The summed E-state index contributed by atoms with van der Waals surface area (Å²) in [5, 5.41) is 24.1. The second-order valence-electron chi connectivity index (χ2n) is 5.76. The minimum Gasteiger partial charge on any atom is -0.508 e. The van der Waals surface area contributed by atoms with Gasteiger partial charge in [0.25, 0.3) is 0 Å². The highest BCUT2D eigenvalue weighted by Gasteiger charge is 2.13. The average Bonchev–Trinajstić information content (AvgIpc) is 2.62. The lowest BCUT2D eigenvalue weighted by Crippen LogP contribution is -2.02. The highest BCUT2D eigenvalue weighted by molar-refractivity contribution is 5.95. The quantitative estimate of drug-likeness (QED) is 0.298. The second kappa shape index (κ2) is 6.25. The minimum absolute atomic E-state index is 0.0439. The Bertz CT molecular complexity index is 1200. The van der Waals surface area contributed by atoms with Gasteiger partial charge >= 0.3 is 0 Å². The monoisotopic (exact) mass is 346 g/mol. The van der Waals surface area contributed by atoms with Gasteiger partial charge in [0.15, 0.2) is 0 Å². The molecule has 0 atom stereocenters. The molecule has 0 aliphatic rings. The van der Waals surface area contributed by atoms with Crippen LogP contribution in [0.15, 0.2) is 75.0 Å².